The highest BCUT2D eigenvalue weighted by molar-refractivity contribution is 7.98. The number of nitrogens with zero attached hydrogens (tertiary/aromatic N) is 1. The molecule has 1 aliphatic rings. The van der Waals surface area contributed by atoms with Crippen molar-refractivity contribution in [1.82, 2.24) is 4.90 Å². The molecule has 2 atom stereocenters. The Morgan fingerprint density at radius 1 is 1.30 bits per heavy atom. The van der Waals surface area contributed by atoms with Gasteiger partial charge in [-0.1, -0.05) is 12.1 Å². The Morgan fingerprint density at radius 3 is 2.65 bits per heavy atom. The number of likely N-dealkylation sites (tertiary alicyclic amines) is 1. The molecule has 5 heteroatoms. The first kappa shape index (κ1) is 14.9. The molecule has 0 aliphatic carbocycles. The second kappa shape index (κ2) is 6.31. The Morgan fingerprint density at radius 2 is 2.00 bits per heavy atom. The summed E-state index contributed by atoms with van der Waals surface area (Å²) in [5.41, 5.74) is 0.665. The van der Waals surface area contributed by atoms with E-state index in [-0.39, 0.29) is 11.9 Å². The molecule has 0 aromatic heterocycles. The molecule has 0 bridgehead atoms. The van der Waals surface area contributed by atoms with Gasteiger partial charge >= 0.3 is 5.97 Å². The molecular weight excluding hydrogens is 274 g/mol. The van der Waals surface area contributed by atoms with E-state index < -0.39 is 11.9 Å². The number of benzene rings is 1. The van der Waals surface area contributed by atoms with Gasteiger partial charge in [0.25, 0.3) is 5.91 Å². The summed E-state index contributed by atoms with van der Waals surface area (Å²) in [4.78, 5) is 26.5. The number of piperidine rings is 1. The molecule has 108 valence electrons. The maximum absolute atomic E-state index is 12.7. The van der Waals surface area contributed by atoms with Crippen LogP contribution in [0.25, 0.3) is 0 Å². The van der Waals surface area contributed by atoms with Crippen molar-refractivity contribution in [3.05, 3.63) is 29.8 Å². The topological polar surface area (TPSA) is 57.6 Å². The van der Waals surface area contributed by atoms with Gasteiger partial charge in [-0.05, 0) is 38.2 Å². The SMILES string of the molecule is CSc1ccccc1C(=O)N1CC(C(=O)O)CCC1C. The van der Waals surface area contributed by atoms with Crippen LogP contribution in [0, 0.1) is 5.92 Å². The summed E-state index contributed by atoms with van der Waals surface area (Å²) in [6.45, 7) is 2.29. The van der Waals surface area contributed by atoms with E-state index in [4.69, 9.17) is 5.11 Å². The summed E-state index contributed by atoms with van der Waals surface area (Å²) >= 11 is 1.53. The number of thioether (sulfide) groups is 1. The number of carboxylic acid groups (broad SMARTS) is 1. The van der Waals surface area contributed by atoms with Gasteiger partial charge in [0.1, 0.15) is 0 Å². The first-order chi connectivity index (χ1) is 9.54. The Labute approximate surface area is 123 Å². The molecule has 1 saturated heterocycles. The highest BCUT2D eigenvalue weighted by atomic mass is 32.2. The largest absolute Gasteiger partial charge is 0.481 e. The highest BCUT2D eigenvalue weighted by Crippen LogP contribution is 2.27. The second-order valence-corrected chi connectivity index (χ2v) is 5.97. The minimum atomic E-state index is -0.812. The molecule has 1 fully saturated rings. The lowest BCUT2D eigenvalue weighted by atomic mass is 9.93. The van der Waals surface area contributed by atoms with Gasteiger partial charge in [-0.15, -0.1) is 11.8 Å². The van der Waals surface area contributed by atoms with E-state index in [2.05, 4.69) is 0 Å². The minimum absolute atomic E-state index is 0.0617. The van der Waals surface area contributed by atoms with Crippen LogP contribution in [-0.2, 0) is 4.79 Å². The number of amides is 1. The van der Waals surface area contributed by atoms with Crippen molar-refractivity contribution in [2.24, 2.45) is 5.92 Å². The standard InChI is InChI=1S/C15H19NO3S/c1-10-7-8-11(15(18)19)9-16(10)14(17)12-5-3-4-6-13(12)20-2/h3-6,10-11H,7-9H2,1-2H3,(H,18,19). The third kappa shape index (κ3) is 2.98. The lowest BCUT2D eigenvalue weighted by molar-refractivity contribution is -0.143. The number of aliphatic carboxylic acids is 1. The van der Waals surface area contributed by atoms with Gasteiger partial charge < -0.3 is 10.0 Å². The van der Waals surface area contributed by atoms with E-state index in [1.54, 1.807) is 4.90 Å². The van der Waals surface area contributed by atoms with Crippen LogP contribution in [0.2, 0.25) is 0 Å². The predicted octanol–water partition coefficient (Wildman–Crippen LogP) is 2.73. The van der Waals surface area contributed by atoms with Crippen molar-refractivity contribution in [2.75, 3.05) is 12.8 Å². The summed E-state index contributed by atoms with van der Waals surface area (Å²) in [6.07, 6.45) is 3.32. The van der Waals surface area contributed by atoms with Gasteiger partial charge in [-0.25, -0.2) is 0 Å². The predicted molar refractivity (Wildman–Crippen MR) is 79.1 cm³/mol. The zero-order valence-corrected chi connectivity index (χ0v) is 12.5. The number of carbonyl (C=O) groups is 2. The zero-order chi connectivity index (χ0) is 14.7. The van der Waals surface area contributed by atoms with E-state index in [1.807, 2.05) is 37.4 Å². The Balaban J connectivity index is 2.24. The molecule has 2 unspecified atom stereocenters. The first-order valence-corrected chi connectivity index (χ1v) is 7.94. The molecular formula is C15H19NO3S. The first-order valence-electron chi connectivity index (χ1n) is 6.71. The summed E-state index contributed by atoms with van der Waals surface area (Å²) in [5, 5.41) is 9.15. The third-order valence-corrected chi connectivity index (χ3v) is 4.63. The molecule has 0 spiro atoms. The van der Waals surface area contributed by atoms with Gasteiger partial charge in [0.15, 0.2) is 0 Å². The van der Waals surface area contributed by atoms with Gasteiger partial charge in [-0.2, -0.15) is 0 Å². The van der Waals surface area contributed by atoms with Crippen molar-refractivity contribution in [1.29, 1.82) is 0 Å². The van der Waals surface area contributed by atoms with Crippen molar-refractivity contribution >= 4 is 23.6 Å². The van der Waals surface area contributed by atoms with E-state index >= 15 is 0 Å². The van der Waals surface area contributed by atoms with E-state index in [1.165, 1.54) is 11.8 Å². The van der Waals surface area contributed by atoms with Gasteiger partial charge in [0.05, 0.1) is 11.5 Å². The van der Waals surface area contributed by atoms with Crippen molar-refractivity contribution in [3.8, 4) is 0 Å². The monoisotopic (exact) mass is 293 g/mol. The number of hydrogen-bond acceptors (Lipinski definition) is 3. The van der Waals surface area contributed by atoms with Crippen LogP contribution >= 0.6 is 11.8 Å². The number of carboxylic acids is 1. The van der Waals surface area contributed by atoms with Crippen LogP contribution in [0.5, 0.6) is 0 Å². The lowest BCUT2D eigenvalue weighted by Gasteiger charge is -2.36. The van der Waals surface area contributed by atoms with Crippen molar-refractivity contribution < 1.29 is 14.7 Å². The van der Waals surface area contributed by atoms with Crippen LogP contribution in [0.1, 0.15) is 30.1 Å². The average Bonchev–Trinajstić information content (AvgIpc) is 2.46. The smallest absolute Gasteiger partial charge is 0.308 e. The van der Waals surface area contributed by atoms with Crippen LogP contribution in [0.15, 0.2) is 29.2 Å². The molecule has 2 rings (SSSR count). The van der Waals surface area contributed by atoms with Crippen LogP contribution in [0.4, 0.5) is 0 Å². The molecule has 0 saturated carbocycles. The normalized spacial score (nSPS) is 22.6. The van der Waals surface area contributed by atoms with Crippen LogP contribution in [-0.4, -0.2) is 40.7 Å². The Bertz CT molecular complexity index is 518. The van der Waals surface area contributed by atoms with Gasteiger partial charge in [0.2, 0.25) is 0 Å². The highest BCUT2D eigenvalue weighted by Gasteiger charge is 2.33. The van der Waals surface area contributed by atoms with E-state index in [9.17, 15) is 9.59 Å². The zero-order valence-electron chi connectivity index (χ0n) is 11.7. The summed E-state index contributed by atoms with van der Waals surface area (Å²) in [6, 6.07) is 7.57. The van der Waals surface area contributed by atoms with Crippen molar-refractivity contribution in [3.63, 3.8) is 0 Å². The van der Waals surface area contributed by atoms with Gasteiger partial charge in [-0.3, -0.25) is 9.59 Å². The molecule has 1 N–H and O–H groups in total. The molecule has 1 heterocycles. The van der Waals surface area contributed by atoms with E-state index in [0.29, 0.717) is 18.5 Å². The Hall–Kier alpha value is -1.49. The Kier molecular flexibility index (Phi) is 4.70. The second-order valence-electron chi connectivity index (χ2n) is 5.12. The number of rotatable bonds is 3. The van der Waals surface area contributed by atoms with Gasteiger partial charge in [0, 0.05) is 17.5 Å². The number of carbonyl (C=O) groups excluding carboxylic acids is 1. The summed E-state index contributed by atoms with van der Waals surface area (Å²) in [7, 11) is 0. The fraction of sp³-hybridized carbons (Fsp3) is 0.467. The molecule has 1 amide bonds. The molecule has 4 nitrogen and oxygen atoms in total. The number of hydrogen-bond donors (Lipinski definition) is 1. The summed E-state index contributed by atoms with van der Waals surface area (Å²) in [5.74, 6) is -1.32. The summed E-state index contributed by atoms with van der Waals surface area (Å²) < 4.78 is 0. The van der Waals surface area contributed by atoms with Crippen LogP contribution in [0.3, 0.4) is 0 Å². The maximum atomic E-state index is 12.7. The maximum Gasteiger partial charge on any atom is 0.308 e. The molecule has 1 aromatic carbocycles. The average molecular weight is 293 g/mol. The van der Waals surface area contributed by atoms with Crippen LogP contribution < -0.4 is 0 Å². The fourth-order valence-corrected chi connectivity index (χ4v) is 3.16. The van der Waals surface area contributed by atoms with E-state index in [0.717, 1.165) is 11.3 Å². The quantitative estimate of drug-likeness (QED) is 0.871. The van der Waals surface area contributed by atoms with Crippen molar-refractivity contribution in [2.45, 2.75) is 30.7 Å². The molecule has 20 heavy (non-hydrogen) atoms. The lowest BCUT2D eigenvalue weighted by Crippen LogP contribution is -2.47. The molecule has 0 radical (unpaired) electrons. The molecule has 1 aromatic rings. The molecule has 1 aliphatic heterocycles. The minimum Gasteiger partial charge on any atom is -0.481 e. The fourth-order valence-electron chi connectivity index (χ4n) is 2.57. The third-order valence-electron chi connectivity index (χ3n) is 3.83.